The molecule has 4 fully saturated rings. The molecule has 1 aromatic rings. The maximum Gasteiger partial charge on any atom is 0.338 e. The van der Waals surface area contributed by atoms with Crippen LogP contribution in [-0.2, 0) is 28.7 Å². The van der Waals surface area contributed by atoms with Crippen LogP contribution >= 0.6 is 23.5 Å². The van der Waals surface area contributed by atoms with Crippen molar-refractivity contribution >= 4 is 47.4 Å². The van der Waals surface area contributed by atoms with Gasteiger partial charge in [-0.15, -0.1) is 0 Å². The molecule has 0 radical (unpaired) electrons. The lowest BCUT2D eigenvalue weighted by Crippen LogP contribution is -2.30. The van der Waals surface area contributed by atoms with Gasteiger partial charge in [0.1, 0.15) is 11.5 Å². The van der Waals surface area contributed by atoms with Crippen LogP contribution in [0.25, 0.3) is 4.85 Å². The Bertz CT molecular complexity index is 1660. The van der Waals surface area contributed by atoms with Crippen LogP contribution in [0.3, 0.4) is 0 Å². The largest absolute Gasteiger partial charge is 0.471 e. The minimum atomic E-state index is -0.764. The molecule has 5 aliphatic rings. The summed E-state index contributed by atoms with van der Waals surface area (Å²) in [6.07, 6.45) is 28.1. The van der Waals surface area contributed by atoms with Crippen molar-refractivity contribution in [3.63, 3.8) is 0 Å². The summed E-state index contributed by atoms with van der Waals surface area (Å²) in [5, 5.41) is 0. The molecular formula is C51H71NO8S2. The smallest absolute Gasteiger partial charge is 0.338 e. The molecule has 0 bridgehead atoms. The summed E-state index contributed by atoms with van der Waals surface area (Å²) in [6.45, 7) is 16.1. The van der Waals surface area contributed by atoms with E-state index in [-0.39, 0.29) is 42.7 Å². The van der Waals surface area contributed by atoms with Gasteiger partial charge in [0.15, 0.2) is 0 Å². The molecule has 0 unspecified atom stereocenters. The van der Waals surface area contributed by atoms with Crippen LogP contribution in [0, 0.1) is 53.9 Å². The van der Waals surface area contributed by atoms with Gasteiger partial charge in [-0.3, -0.25) is 14.4 Å². The molecule has 0 N–H and O–H groups in total. The molecule has 62 heavy (non-hydrogen) atoms. The van der Waals surface area contributed by atoms with Crippen LogP contribution in [0.15, 0.2) is 44.5 Å². The Morgan fingerprint density at radius 1 is 0.629 bits per heavy atom. The van der Waals surface area contributed by atoms with E-state index in [1.807, 2.05) is 0 Å². The number of rotatable bonds is 19. The second kappa shape index (κ2) is 24.7. The van der Waals surface area contributed by atoms with Crippen molar-refractivity contribution in [1.29, 1.82) is 0 Å². The first-order valence-electron chi connectivity index (χ1n) is 24.2. The van der Waals surface area contributed by atoms with E-state index in [2.05, 4.69) is 25.3 Å². The third kappa shape index (κ3) is 13.4. The second-order valence-electron chi connectivity index (χ2n) is 18.8. The molecule has 0 atom stereocenters. The van der Waals surface area contributed by atoms with E-state index < -0.39 is 11.9 Å². The molecule has 4 aliphatic carbocycles. The summed E-state index contributed by atoms with van der Waals surface area (Å²) >= 11 is 2.36. The third-order valence-corrected chi connectivity index (χ3v) is 17.4. The number of esters is 4. The van der Waals surface area contributed by atoms with Crippen molar-refractivity contribution in [2.75, 3.05) is 13.2 Å². The van der Waals surface area contributed by atoms with Gasteiger partial charge in [-0.05, 0) is 138 Å². The summed E-state index contributed by atoms with van der Waals surface area (Å²) in [4.78, 5) is 56.9. The van der Waals surface area contributed by atoms with Gasteiger partial charge in [0, 0.05) is 6.08 Å². The predicted octanol–water partition coefficient (Wildman–Crippen LogP) is 13.4. The number of ether oxygens (including phenoxy) is 4. The fraction of sp³-hybridized carbons (Fsp3) is 0.706. The van der Waals surface area contributed by atoms with Gasteiger partial charge in [-0.2, -0.15) is 0 Å². The molecule has 340 valence electrons. The lowest BCUT2D eigenvalue weighted by Gasteiger charge is -2.37. The highest BCUT2D eigenvalue weighted by atomic mass is 32.2. The number of unbranched alkanes of at least 4 members (excludes halogenated alkanes) is 3. The van der Waals surface area contributed by atoms with Crippen molar-refractivity contribution in [1.82, 2.24) is 0 Å². The van der Waals surface area contributed by atoms with Gasteiger partial charge < -0.3 is 18.9 Å². The topological polar surface area (TPSA) is 110 Å². The van der Waals surface area contributed by atoms with E-state index in [1.54, 1.807) is 12.1 Å². The molecule has 1 aromatic carbocycles. The van der Waals surface area contributed by atoms with E-state index in [0.717, 1.165) is 81.1 Å². The molecule has 9 nitrogen and oxygen atoms in total. The molecule has 1 heterocycles. The van der Waals surface area contributed by atoms with Crippen molar-refractivity contribution in [3.05, 3.63) is 46.1 Å². The maximum absolute atomic E-state index is 13.8. The normalized spacial score (nSPS) is 27.3. The quantitative estimate of drug-likeness (QED) is 0.0438. The van der Waals surface area contributed by atoms with E-state index in [4.69, 9.17) is 25.5 Å². The molecule has 11 heteroatoms. The number of fused-ring (bicyclic) bond motifs is 1. The Hall–Kier alpha value is -3.23. The zero-order valence-electron chi connectivity index (χ0n) is 37.5. The minimum Gasteiger partial charge on any atom is -0.471 e. The van der Waals surface area contributed by atoms with Crippen molar-refractivity contribution in [2.24, 2.45) is 47.3 Å². The summed E-state index contributed by atoms with van der Waals surface area (Å²) in [5.41, 5.74) is -0.181. The highest BCUT2D eigenvalue weighted by Gasteiger charge is 2.38. The van der Waals surface area contributed by atoms with Crippen LogP contribution in [-0.4, -0.2) is 37.1 Å². The Balaban J connectivity index is 1.08. The van der Waals surface area contributed by atoms with Gasteiger partial charge >= 0.3 is 23.9 Å². The summed E-state index contributed by atoms with van der Waals surface area (Å²) in [7, 11) is 0. The second-order valence-corrected chi connectivity index (χ2v) is 21.1. The molecule has 1 aliphatic heterocycles. The van der Waals surface area contributed by atoms with Crippen LogP contribution in [0.2, 0.25) is 0 Å². The number of benzene rings is 1. The summed E-state index contributed by atoms with van der Waals surface area (Å²) in [6, 6.07) is 3.39. The average molecular weight is 890 g/mol. The number of hydrogen-bond acceptors (Lipinski definition) is 10. The van der Waals surface area contributed by atoms with E-state index in [1.165, 1.54) is 113 Å². The Labute approximate surface area is 379 Å². The highest BCUT2D eigenvalue weighted by Crippen LogP contribution is 2.59. The Kier molecular flexibility index (Phi) is 19.2. The number of carbonyl (C=O) groups is 4. The van der Waals surface area contributed by atoms with Gasteiger partial charge in [0.05, 0.1) is 45.6 Å². The number of carbonyl (C=O) groups excluding carboxylic acids is 4. The highest BCUT2D eigenvalue weighted by molar-refractivity contribution is 8.24. The van der Waals surface area contributed by atoms with Crippen LogP contribution in [0.1, 0.15) is 168 Å². The zero-order chi connectivity index (χ0) is 43.8. The first-order valence-corrected chi connectivity index (χ1v) is 25.9. The van der Waals surface area contributed by atoms with Crippen LogP contribution in [0.4, 0.5) is 0 Å². The first-order chi connectivity index (χ1) is 30.2. The molecule has 0 saturated heterocycles. The van der Waals surface area contributed by atoms with Crippen molar-refractivity contribution in [2.45, 2.75) is 178 Å². The monoisotopic (exact) mass is 889 g/mol. The fourth-order valence-corrected chi connectivity index (χ4v) is 13.5. The molecule has 0 amide bonds. The molecule has 6 rings (SSSR count). The molecule has 0 spiro atoms. The Morgan fingerprint density at radius 3 is 1.42 bits per heavy atom. The van der Waals surface area contributed by atoms with Crippen LogP contribution < -0.4 is 9.47 Å². The lowest BCUT2D eigenvalue weighted by molar-refractivity contribution is -0.141. The maximum atomic E-state index is 13.8. The first kappa shape index (κ1) is 48.2. The van der Waals surface area contributed by atoms with Crippen molar-refractivity contribution < 1.29 is 38.1 Å². The number of hydrogen-bond donors (Lipinski definition) is 0. The van der Waals surface area contributed by atoms with E-state index >= 15 is 0 Å². The minimum absolute atomic E-state index is 0.0513. The Morgan fingerprint density at radius 2 is 1.03 bits per heavy atom. The number of nitrogens with zero attached hydrogens (tertiary/aromatic N) is 1. The van der Waals surface area contributed by atoms with E-state index in [0.29, 0.717) is 50.2 Å². The molecule has 4 saturated carbocycles. The summed E-state index contributed by atoms with van der Waals surface area (Å²) < 4.78 is 23.2. The van der Waals surface area contributed by atoms with Crippen LogP contribution in [0.5, 0.6) is 11.5 Å². The van der Waals surface area contributed by atoms with Gasteiger partial charge in [-0.1, -0.05) is 108 Å². The lowest BCUT2D eigenvalue weighted by atomic mass is 9.68. The molecular weight excluding hydrogens is 819 g/mol. The van der Waals surface area contributed by atoms with E-state index in [9.17, 15) is 19.2 Å². The zero-order valence-corrected chi connectivity index (χ0v) is 39.1. The van der Waals surface area contributed by atoms with Crippen molar-refractivity contribution in [3.8, 4) is 11.5 Å². The average Bonchev–Trinajstić information content (AvgIpc) is 3.76. The number of thioether (sulfide) groups is 2. The van der Waals surface area contributed by atoms with Gasteiger partial charge in [-0.25, -0.2) is 9.64 Å². The van der Waals surface area contributed by atoms with Gasteiger partial charge in [0.2, 0.25) is 0 Å². The fourth-order valence-electron chi connectivity index (χ4n) is 10.9. The molecule has 0 aromatic heterocycles. The summed E-state index contributed by atoms with van der Waals surface area (Å²) in [5.74, 6) is 3.21. The standard InChI is InChI=1S/C51H71NO8S2/c1-5-8-12-34-14-18-36(19-15-34)38-22-26-40(27-23-38)48(54)59-42-30-31-43(60-49(55)41-28-24-39(25-29-41)37-20-16-35(17-21-37)13-9-6-2)47-46(42)61-51(62-47)45(52-4)50(56)58-33-11-10-32-57-44(53)7-3/h7,30-31,34-41H,3,5-6,8-29,32-33H2,1-2H3. The SMILES string of the molecule is [C-]#[N+]C(C(=O)OCCCCOC(=O)C=C)=C1Sc2c(OC(=O)C3CCC(C4CCC(CCCC)CC4)CC3)ccc(OC(=O)C3CCC(C4CCC(CCCC)CC4)CC3)c2S1. The van der Waals surface area contributed by atoms with Gasteiger partial charge in [0.25, 0.3) is 5.70 Å². The third-order valence-electron chi connectivity index (χ3n) is 14.8. The predicted molar refractivity (Wildman–Crippen MR) is 245 cm³/mol.